The van der Waals surface area contributed by atoms with Gasteiger partial charge in [0.05, 0.1) is 17.9 Å². The molecular weight excluding hydrogens is 421 g/mol. The Kier molecular flexibility index (Phi) is 5.92. The summed E-state index contributed by atoms with van der Waals surface area (Å²) in [4.78, 5) is 9.20. The van der Waals surface area contributed by atoms with Gasteiger partial charge in [-0.05, 0) is 43.7 Å². The first-order valence-electron chi connectivity index (χ1n) is 9.93. The molecule has 0 spiro atoms. The van der Waals surface area contributed by atoms with Crippen molar-refractivity contribution in [2.45, 2.75) is 26.4 Å². The van der Waals surface area contributed by atoms with E-state index in [-0.39, 0.29) is 36.9 Å². The van der Waals surface area contributed by atoms with Gasteiger partial charge >= 0.3 is 0 Å². The molecule has 7 nitrogen and oxygen atoms in total. The van der Waals surface area contributed by atoms with Crippen molar-refractivity contribution >= 4 is 29.1 Å². The normalized spacial score (nSPS) is 19.0. The number of halogens is 2. The first-order chi connectivity index (χ1) is 14.8. The molecule has 1 aliphatic rings. The zero-order valence-electron chi connectivity index (χ0n) is 17.2. The van der Waals surface area contributed by atoms with E-state index in [2.05, 4.69) is 20.6 Å². The molecule has 31 heavy (non-hydrogen) atoms. The minimum absolute atomic E-state index is 0.0462. The maximum absolute atomic E-state index is 14.2. The number of quaternary nitrogens is 1. The SMILES string of the molecule is Cc1cc(F)ccc1-c1nc(N[C@@H](C)CO)nc2c1CNC[N+]2([O-])c1ccccc1Cl. The Balaban J connectivity index is 1.97. The molecule has 1 unspecified atom stereocenters. The predicted molar refractivity (Wildman–Crippen MR) is 120 cm³/mol. The number of hydrogen-bond donors (Lipinski definition) is 3. The van der Waals surface area contributed by atoms with Gasteiger partial charge in [-0.1, -0.05) is 23.7 Å². The number of aliphatic hydroxyl groups excluding tert-OH is 1. The molecule has 0 amide bonds. The monoisotopic (exact) mass is 443 g/mol. The van der Waals surface area contributed by atoms with Crippen LogP contribution < -0.4 is 15.3 Å². The molecule has 0 saturated heterocycles. The van der Waals surface area contributed by atoms with Crippen LogP contribution in [-0.2, 0) is 6.54 Å². The van der Waals surface area contributed by atoms with Crippen molar-refractivity contribution in [3.8, 4) is 11.3 Å². The van der Waals surface area contributed by atoms with Crippen molar-refractivity contribution in [2.24, 2.45) is 0 Å². The molecular formula is C22H23ClFN5O2. The van der Waals surface area contributed by atoms with Gasteiger partial charge in [0.25, 0.3) is 0 Å². The van der Waals surface area contributed by atoms with Crippen LogP contribution in [0.2, 0.25) is 5.02 Å². The molecule has 1 aliphatic heterocycles. The molecule has 162 valence electrons. The summed E-state index contributed by atoms with van der Waals surface area (Å²) in [6.07, 6.45) is 0. The zero-order chi connectivity index (χ0) is 22.2. The molecule has 2 aromatic carbocycles. The average molecular weight is 444 g/mol. The van der Waals surface area contributed by atoms with Crippen LogP contribution in [0.3, 0.4) is 0 Å². The van der Waals surface area contributed by atoms with Crippen LogP contribution in [0.1, 0.15) is 18.1 Å². The number of aliphatic hydroxyl groups is 1. The molecule has 1 aromatic heterocycles. The van der Waals surface area contributed by atoms with E-state index >= 15 is 0 Å². The maximum atomic E-state index is 14.2. The second kappa shape index (κ2) is 8.49. The van der Waals surface area contributed by atoms with Crippen LogP contribution in [0.15, 0.2) is 42.5 Å². The van der Waals surface area contributed by atoms with Gasteiger partial charge < -0.3 is 15.6 Å². The van der Waals surface area contributed by atoms with E-state index < -0.39 is 4.65 Å². The number of anilines is 1. The number of para-hydroxylation sites is 1. The van der Waals surface area contributed by atoms with Gasteiger partial charge in [-0.15, -0.1) is 0 Å². The lowest BCUT2D eigenvalue weighted by molar-refractivity contribution is 0.281. The third-order valence-electron chi connectivity index (χ3n) is 5.30. The molecule has 3 N–H and O–H groups in total. The summed E-state index contributed by atoms with van der Waals surface area (Å²) in [6, 6.07) is 11.0. The van der Waals surface area contributed by atoms with Crippen molar-refractivity contribution in [3.05, 3.63) is 69.6 Å². The molecule has 9 heteroatoms. The van der Waals surface area contributed by atoms with Crippen molar-refractivity contribution in [2.75, 3.05) is 18.6 Å². The molecule has 0 bridgehead atoms. The van der Waals surface area contributed by atoms with Crippen LogP contribution in [0, 0.1) is 17.9 Å². The largest absolute Gasteiger partial charge is 0.620 e. The van der Waals surface area contributed by atoms with Crippen molar-refractivity contribution in [1.82, 2.24) is 19.9 Å². The van der Waals surface area contributed by atoms with Gasteiger partial charge in [-0.25, -0.2) is 9.37 Å². The number of nitrogens with one attached hydrogen (secondary N) is 2. The standard InChI is InChI=1S/C22H23ClFN5O2/c1-13-9-15(24)7-8-16(13)20-17-10-25-12-29(31,19-6-4-3-5-18(19)23)21(17)28-22(27-20)26-14(2)11-30/h3-9,14,25,30H,10-12H2,1-2H3,(H,26,27,28)/t14-,29?/m0/s1. The van der Waals surface area contributed by atoms with Crippen LogP contribution in [0.5, 0.6) is 0 Å². The van der Waals surface area contributed by atoms with E-state index in [9.17, 15) is 14.7 Å². The summed E-state index contributed by atoms with van der Waals surface area (Å²) in [5.41, 5.74) is 2.91. The topological polar surface area (TPSA) is 93.1 Å². The highest BCUT2D eigenvalue weighted by atomic mass is 35.5. The van der Waals surface area contributed by atoms with Gasteiger partial charge in [-0.2, -0.15) is 4.98 Å². The number of nitrogens with zero attached hydrogens (tertiary/aromatic N) is 3. The Morgan fingerprint density at radius 1 is 1.29 bits per heavy atom. The van der Waals surface area contributed by atoms with Gasteiger partial charge in [0, 0.05) is 24.2 Å². The van der Waals surface area contributed by atoms with Crippen LogP contribution in [-0.4, -0.2) is 34.4 Å². The Labute approximate surface area is 184 Å². The first kappa shape index (κ1) is 21.6. The Morgan fingerprint density at radius 2 is 2.06 bits per heavy atom. The third-order valence-corrected chi connectivity index (χ3v) is 5.62. The fourth-order valence-corrected chi connectivity index (χ4v) is 4.01. The average Bonchev–Trinajstić information content (AvgIpc) is 2.74. The van der Waals surface area contributed by atoms with E-state index in [0.29, 0.717) is 39.6 Å². The van der Waals surface area contributed by atoms with Gasteiger partial charge in [0.1, 0.15) is 17.5 Å². The van der Waals surface area contributed by atoms with E-state index in [1.807, 2.05) is 0 Å². The summed E-state index contributed by atoms with van der Waals surface area (Å²) in [6.45, 7) is 3.87. The second-order valence-electron chi connectivity index (χ2n) is 7.66. The number of benzene rings is 2. The summed E-state index contributed by atoms with van der Waals surface area (Å²) < 4.78 is 12.8. The van der Waals surface area contributed by atoms with Crippen LogP contribution >= 0.6 is 11.6 Å². The summed E-state index contributed by atoms with van der Waals surface area (Å²) in [7, 11) is 0. The Morgan fingerprint density at radius 3 is 2.77 bits per heavy atom. The van der Waals surface area contributed by atoms with E-state index in [1.165, 1.54) is 12.1 Å². The highest BCUT2D eigenvalue weighted by Gasteiger charge is 2.37. The minimum atomic E-state index is -0.910. The smallest absolute Gasteiger partial charge is 0.243 e. The van der Waals surface area contributed by atoms with Crippen molar-refractivity contribution < 1.29 is 9.50 Å². The second-order valence-corrected chi connectivity index (χ2v) is 8.07. The van der Waals surface area contributed by atoms with Gasteiger partial charge in [0.2, 0.25) is 11.8 Å². The molecule has 2 heterocycles. The molecule has 0 fully saturated rings. The lowest BCUT2D eigenvalue weighted by Crippen LogP contribution is -2.50. The quantitative estimate of drug-likeness (QED) is 0.403. The maximum Gasteiger partial charge on any atom is 0.243 e. The Bertz CT molecular complexity index is 1130. The van der Waals surface area contributed by atoms with Gasteiger partial charge in [-0.3, -0.25) is 9.96 Å². The molecule has 0 aliphatic carbocycles. The molecule has 2 atom stereocenters. The number of fused-ring (bicyclic) bond motifs is 1. The number of aryl methyl sites for hydroxylation is 1. The summed E-state index contributed by atoms with van der Waals surface area (Å²) in [5, 5.41) is 30.2. The van der Waals surface area contributed by atoms with Crippen molar-refractivity contribution in [3.63, 3.8) is 0 Å². The van der Waals surface area contributed by atoms with Gasteiger partial charge in [0.15, 0.2) is 5.69 Å². The molecule has 3 aromatic rings. The summed E-state index contributed by atoms with van der Waals surface area (Å²) in [5.74, 6) is 0.124. The van der Waals surface area contributed by atoms with E-state index in [4.69, 9.17) is 11.6 Å². The molecule has 0 radical (unpaired) electrons. The number of rotatable bonds is 5. The van der Waals surface area contributed by atoms with Crippen LogP contribution in [0.4, 0.5) is 21.8 Å². The van der Waals surface area contributed by atoms with E-state index in [0.717, 1.165) is 0 Å². The highest BCUT2D eigenvalue weighted by molar-refractivity contribution is 6.33. The highest BCUT2D eigenvalue weighted by Crippen LogP contribution is 2.43. The molecule has 4 rings (SSSR count). The molecule has 0 saturated carbocycles. The lowest BCUT2D eigenvalue weighted by Gasteiger charge is -2.44. The van der Waals surface area contributed by atoms with Crippen molar-refractivity contribution in [1.29, 1.82) is 0 Å². The Hall–Kier alpha value is -2.62. The first-order valence-corrected chi connectivity index (χ1v) is 10.3. The lowest BCUT2D eigenvalue weighted by atomic mass is 10.00. The zero-order valence-corrected chi connectivity index (χ0v) is 17.9. The van der Waals surface area contributed by atoms with E-state index in [1.54, 1.807) is 44.2 Å². The summed E-state index contributed by atoms with van der Waals surface area (Å²) >= 11 is 6.38. The van der Waals surface area contributed by atoms with Crippen LogP contribution in [0.25, 0.3) is 11.3 Å². The minimum Gasteiger partial charge on any atom is -0.620 e. The number of hydrogen-bond acceptors (Lipinski definition) is 6. The predicted octanol–water partition coefficient (Wildman–Crippen LogP) is 4.23. The number of aromatic nitrogens is 2. The fourth-order valence-electron chi connectivity index (χ4n) is 3.74. The fraction of sp³-hybridized carbons (Fsp3) is 0.273. The third kappa shape index (κ3) is 4.00. The number of hydroxylamine groups is 1.